The monoisotopic (exact) mass is 338 g/mol. The smallest absolute Gasteiger partial charge is 0.286 e. The zero-order chi connectivity index (χ0) is 15.7. The van der Waals surface area contributed by atoms with E-state index < -0.39 is 5.82 Å². The fraction of sp³-hybridized carbons (Fsp3) is 0.375. The van der Waals surface area contributed by atoms with Crippen LogP contribution < -0.4 is 0 Å². The van der Waals surface area contributed by atoms with Gasteiger partial charge in [0.05, 0.1) is 9.93 Å². The number of hydrogen-bond acceptors (Lipinski definition) is 3. The number of carbonyl (C=O) groups is 1. The van der Waals surface area contributed by atoms with Gasteiger partial charge in [-0.2, -0.15) is 4.99 Å². The summed E-state index contributed by atoms with van der Waals surface area (Å²) in [7, 11) is 0. The van der Waals surface area contributed by atoms with Crippen LogP contribution in [0.2, 0.25) is 5.02 Å². The predicted octanol–water partition coefficient (Wildman–Crippen LogP) is 4.18. The number of rotatable bonds is 1. The summed E-state index contributed by atoms with van der Waals surface area (Å²) in [6, 6.07) is 4.48. The van der Waals surface area contributed by atoms with Crippen LogP contribution in [0.4, 0.5) is 4.39 Å². The molecule has 2 aliphatic heterocycles. The van der Waals surface area contributed by atoms with Crippen molar-refractivity contribution < 1.29 is 9.18 Å². The Balaban J connectivity index is 1.79. The van der Waals surface area contributed by atoms with E-state index in [-0.39, 0.29) is 11.5 Å². The number of amides is 1. The Kier molecular flexibility index (Phi) is 4.54. The van der Waals surface area contributed by atoms with E-state index in [1.165, 1.54) is 23.9 Å². The summed E-state index contributed by atoms with van der Waals surface area (Å²) in [5.41, 5.74) is 0.240. The van der Waals surface area contributed by atoms with Gasteiger partial charge in [-0.25, -0.2) is 4.39 Å². The van der Waals surface area contributed by atoms with Crippen molar-refractivity contribution in [3.8, 4) is 0 Å². The molecule has 3 rings (SSSR count). The standard InChI is InChI=1S/C16H16ClFN2OS/c1-10-5-7-20(8-6-10)16-19-15(21)14(22-16)9-11-12(17)3-2-4-13(11)18/h2-4,9-10H,5-8H2,1H3/b14-9-. The van der Waals surface area contributed by atoms with Gasteiger partial charge in [0, 0.05) is 18.7 Å². The number of benzene rings is 1. The van der Waals surface area contributed by atoms with Gasteiger partial charge in [0.15, 0.2) is 5.17 Å². The van der Waals surface area contributed by atoms with Gasteiger partial charge in [-0.1, -0.05) is 24.6 Å². The molecule has 2 aliphatic rings. The van der Waals surface area contributed by atoms with Crippen molar-refractivity contribution in [1.29, 1.82) is 0 Å². The summed E-state index contributed by atoms with van der Waals surface area (Å²) in [6.07, 6.45) is 3.70. The lowest BCUT2D eigenvalue weighted by molar-refractivity contribution is -0.113. The number of halogens is 2. The molecule has 0 radical (unpaired) electrons. The molecule has 0 saturated carbocycles. The minimum Gasteiger partial charge on any atom is -0.351 e. The summed E-state index contributed by atoms with van der Waals surface area (Å²) in [6.45, 7) is 4.06. The summed E-state index contributed by atoms with van der Waals surface area (Å²) in [5, 5.41) is 1.01. The fourth-order valence-corrected chi connectivity index (χ4v) is 3.68. The number of amidine groups is 1. The Labute approximate surface area is 138 Å². The van der Waals surface area contributed by atoms with Crippen LogP contribution in [0.5, 0.6) is 0 Å². The third-order valence-corrected chi connectivity index (χ3v) is 5.31. The molecular weight excluding hydrogens is 323 g/mol. The molecule has 0 bridgehead atoms. The molecule has 0 aromatic heterocycles. The minimum absolute atomic E-state index is 0.240. The molecule has 0 aliphatic carbocycles. The van der Waals surface area contributed by atoms with E-state index in [1.807, 2.05) is 0 Å². The van der Waals surface area contributed by atoms with Gasteiger partial charge in [-0.05, 0) is 48.7 Å². The lowest BCUT2D eigenvalue weighted by atomic mass is 10.00. The molecule has 1 amide bonds. The first-order valence-corrected chi connectivity index (χ1v) is 8.45. The summed E-state index contributed by atoms with van der Waals surface area (Å²) < 4.78 is 13.8. The van der Waals surface area contributed by atoms with Crippen molar-refractivity contribution in [1.82, 2.24) is 4.90 Å². The van der Waals surface area contributed by atoms with Crippen LogP contribution in [0.3, 0.4) is 0 Å². The number of aliphatic imine (C=N–C) groups is 1. The molecule has 0 unspecified atom stereocenters. The lowest BCUT2D eigenvalue weighted by Gasteiger charge is -2.30. The molecule has 0 atom stereocenters. The maximum Gasteiger partial charge on any atom is 0.286 e. The molecule has 1 aromatic carbocycles. The van der Waals surface area contributed by atoms with Gasteiger partial charge in [-0.15, -0.1) is 0 Å². The van der Waals surface area contributed by atoms with Crippen molar-refractivity contribution in [2.75, 3.05) is 13.1 Å². The van der Waals surface area contributed by atoms with E-state index in [9.17, 15) is 9.18 Å². The minimum atomic E-state index is -0.436. The molecular formula is C16H16ClFN2OS. The number of carbonyl (C=O) groups excluding carboxylic acids is 1. The van der Waals surface area contributed by atoms with Crippen LogP contribution in [-0.2, 0) is 4.79 Å². The van der Waals surface area contributed by atoms with Gasteiger partial charge in [0.1, 0.15) is 5.82 Å². The molecule has 1 aromatic rings. The highest BCUT2D eigenvalue weighted by molar-refractivity contribution is 8.18. The van der Waals surface area contributed by atoms with Crippen molar-refractivity contribution in [3.05, 3.63) is 39.5 Å². The third-order valence-electron chi connectivity index (χ3n) is 3.94. The zero-order valence-electron chi connectivity index (χ0n) is 12.2. The highest BCUT2D eigenvalue weighted by Crippen LogP contribution is 2.33. The Morgan fingerprint density at radius 2 is 2.14 bits per heavy atom. The van der Waals surface area contributed by atoms with Crippen LogP contribution in [0, 0.1) is 11.7 Å². The van der Waals surface area contributed by atoms with E-state index in [1.54, 1.807) is 12.1 Å². The topological polar surface area (TPSA) is 32.7 Å². The predicted molar refractivity (Wildman–Crippen MR) is 89.4 cm³/mol. The first kappa shape index (κ1) is 15.6. The van der Waals surface area contributed by atoms with Gasteiger partial charge >= 0.3 is 0 Å². The molecule has 3 nitrogen and oxygen atoms in total. The summed E-state index contributed by atoms with van der Waals surface area (Å²) >= 11 is 7.30. The molecule has 22 heavy (non-hydrogen) atoms. The quantitative estimate of drug-likeness (QED) is 0.720. The summed E-state index contributed by atoms with van der Waals surface area (Å²) in [5.74, 6) is -0.0437. The largest absolute Gasteiger partial charge is 0.351 e. The molecule has 2 heterocycles. The average molecular weight is 339 g/mol. The number of likely N-dealkylation sites (tertiary alicyclic amines) is 1. The Morgan fingerprint density at radius 1 is 1.41 bits per heavy atom. The Morgan fingerprint density at radius 3 is 2.82 bits per heavy atom. The maximum atomic E-state index is 13.8. The van der Waals surface area contributed by atoms with Crippen LogP contribution in [0.1, 0.15) is 25.3 Å². The van der Waals surface area contributed by atoms with Crippen molar-refractivity contribution >= 4 is 40.5 Å². The van der Waals surface area contributed by atoms with E-state index >= 15 is 0 Å². The zero-order valence-corrected chi connectivity index (χ0v) is 13.8. The second-order valence-electron chi connectivity index (χ2n) is 5.62. The van der Waals surface area contributed by atoms with Crippen molar-refractivity contribution in [3.63, 3.8) is 0 Å². The van der Waals surface area contributed by atoms with Gasteiger partial charge in [0.25, 0.3) is 5.91 Å². The molecule has 6 heteroatoms. The average Bonchev–Trinajstić information content (AvgIpc) is 2.85. The van der Waals surface area contributed by atoms with Gasteiger partial charge in [0.2, 0.25) is 0 Å². The van der Waals surface area contributed by atoms with Crippen LogP contribution in [0.25, 0.3) is 6.08 Å². The van der Waals surface area contributed by atoms with Crippen molar-refractivity contribution in [2.45, 2.75) is 19.8 Å². The fourth-order valence-electron chi connectivity index (χ4n) is 2.51. The molecule has 1 fully saturated rings. The highest BCUT2D eigenvalue weighted by Gasteiger charge is 2.28. The first-order chi connectivity index (χ1) is 10.5. The van der Waals surface area contributed by atoms with E-state index in [0.717, 1.165) is 31.1 Å². The maximum absolute atomic E-state index is 13.8. The number of hydrogen-bond donors (Lipinski definition) is 0. The second-order valence-corrected chi connectivity index (χ2v) is 7.03. The normalized spacial score (nSPS) is 21.6. The SMILES string of the molecule is CC1CCN(C2=NC(=O)/C(=C/c3c(F)cccc3Cl)S2)CC1. The summed E-state index contributed by atoms with van der Waals surface area (Å²) in [4.78, 5) is 18.7. The first-order valence-electron chi connectivity index (χ1n) is 7.26. The lowest BCUT2D eigenvalue weighted by Crippen LogP contribution is -2.35. The molecule has 1 saturated heterocycles. The van der Waals surface area contributed by atoms with Crippen LogP contribution in [-0.4, -0.2) is 29.1 Å². The molecule has 0 N–H and O–H groups in total. The van der Waals surface area contributed by atoms with Gasteiger partial charge < -0.3 is 4.90 Å². The number of thioether (sulfide) groups is 1. The molecule has 0 spiro atoms. The Hall–Kier alpha value is -1.33. The highest BCUT2D eigenvalue weighted by atomic mass is 35.5. The van der Waals surface area contributed by atoms with Crippen LogP contribution in [0.15, 0.2) is 28.1 Å². The van der Waals surface area contributed by atoms with Crippen LogP contribution >= 0.6 is 23.4 Å². The number of nitrogens with zero attached hydrogens (tertiary/aromatic N) is 2. The third kappa shape index (κ3) is 3.20. The Bertz CT molecular complexity index is 646. The molecule has 116 valence electrons. The second kappa shape index (κ2) is 6.42. The van der Waals surface area contributed by atoms with E-state index in [2.05, 4.69) is 16.8 Å². The van der Waals surface area contributed by atoms with Gasteiger partial charge in [-0.3, -0.25) is 4.79 Å². The van der Waals surface area contributed by atoms with E-state index in [4.69, 9.17) is 11.6 Å². The van der Waals surface area contributed by atoms with E-state index in [0.29, 0.717) is 15.8 Å². The number of piperidine rings is 1. The van der Waals surface area contributed by atoms with Crippen molar-refractivity contribution in [2.24, 2.45) is 10.9 Å².